The molecule has 1 heterocycles. The molecule has 2 N–H and O–H groups in total. The maximum atomic E-state index is 4.34. The fraction of sp³-hybridized carbons (Fsp3) is 0.429. The summed E-state index contributed by atoms with van der Waals surface area (Å²) in [7, 11) is 0. The van der Waals surface area contributed by atoms with Gasteiger partial charge in [0.1, 0.15) is 5.82 Å². The van der Waals surface area contributed by atoms with Gasteiger partial charge < -0.3 is 5.32 Å². The number of nitrogens with zero attached hydrogens (tertiary/aromatic N) is 2. The van der Waals surface area contributed by atoms with Gasteiger partial charge in [-0.2, -0.15) is 0 Å². The molecular weight excluding hydrogens is 256 g/mol. The second-order valence-corrected chi connectivity index (χ2v) is 5.96. The van der Waals surface area contributed by atoms with E-state index in [4.69, 9.17) is 0 Å². The van der Waals surface area contributed by atoms with E-state index in [1.807, 2.05) is 6.92 Å². The third kappa shape index (κ3) is 4.08. The summed E-state index contributed by atoms with van der Waals surface area (Å²) in [5.74, 6) is 0.844. The molecule has 0 atom stereocenters. The molecule has 4 nitrogen and oxygen atoms in total. The van der Waals surface area contributed by atoms with Crippen molar-refractivity contribution in [3.63, 3.8) is 0 Å². The summed E-state index contributed by atoms with van der Waals surface area (Å²) in [6, 6.07) is 6.96. The molecule has 0 amide bonds. The number of aryl methyl sites for hydroxylation is 2. The van der Waals surface area contributed by atoms with E-state index in [0.29, 0.717) is 6.04 Å². The Morgan fingerprint density at radius 3 is 2.74 bits per heavy atom. The van der Waals surface area contributed by atoms with Crippen molar-refractivity contribution in [2.75, 3.05) is 0 Å². The molecule has 2 rings (SSSR count). The van der Waals surface area contributed by atoms with Gasteiger partial charge in [-0.1, -0.05) is 31.5 Å². The second kappa shape index (κ2) is 6.21. The van der Waals surface area contributed by atoms with Gasteiger partial charge in [0.05, 0.1) is 0 Å². The summed E-state index contributed by atoms with van der Waals surface area (Å²) >= 11 is 1.60. The van der Waals surface area contributed by atoms with E-state index in [9.17, 15) is 0 Å². The fourth-order valence-electron chi connectivity index (χ4n) is 1.73. The van der Waals surface area contributed by atoms with Crippen LogP contribution in [0.25, 0.3) is 0 Å². The van der Waals surface area contributed by atoms with Gasteiger partial charge in [0, 0.05) is 17.5 Å². The van der Waals surface area contributed by atoms with Crippen molar-refractivity contribution in [1.82, 2.24) is 20.5 Å². The molecule has 0 aliphatic heterocycles. The Labute approximate surface area is 118 Å². The summed E-state index contributed by atoms with van der Waals surface area (Å²) < 4.78 is 0. The number of hydrogen-bond donors (Lipinski definition) is 2. The molecule has 102 valence electrons. The molecule has 0 radical (unpaired) electrons. The van der Waals surface area contributed by atoms with Gasteiger partial charge in [-0.05, 0) is 37.2 Å². The molecule has 1 aromatic heterocycles. The van der Waals surface area contributed by atoms with Gasteiger partial charge in [0.15, 0.2) is 0 Å². The Balaban J connectivity index is 2.18. The van der Waals surface area contributed by atoms with Gasteiger partial charge in [-0.3, -0.25) is 5.10 Å². The highest BCUT2D eigenvalue weighted by atomic mass is 32.2. The molecule has 5 heteroatoms. The van der Waals surface area contributed by atoms with Gasteiger partial charge in [-0.15, -0.1) is 5.10 Å². The molecule has 0 bridgehead atoms. The zero-order valence-electron chi connectivity index (χ0n) is 11.8. The predicted molar refractivity (Wildman–Crippen MR) is 78.4 cm³/mol. The monoisotopic (exact) mass is 276 g/mol. The minimum Gasteiger partial charge on any atom is -0.310 e. The summed E-state index contributed by atoms with van der Waals surface area (Å²) in [4.78, 5) is 5.55. The maximum Gasteiger partial charge on any atom is 0.213 e. The van der Waals surface area contributed by atoms with Crippen LogP contribution < -0.4 is 5.32 Å². The van der Waals surface area contributed by atoms with Crippen LogP contribution in [-0.4, -0.2) is 21.2 Å². The molecule has 19 heavy (non-hydrogen) atoms. The minimum absolute atomic E-state index is 0.476. The first-order valence-electron chi connectivity index (χ1n) is 6.44. The lowest BCUT2D eigenvalue weighted by molar-refractivity contribution is 0.584. The highest BCUT2D eigenvalue weighted by molar-refractivity contribution is 7.99. The summed E-state index contributed by atoms with van der Waals surface area (Å²) in [6.45, 7) is 9.20. The number of nitrogens with one attached hydrogen (secondary N) is 2. The SMILES string of the molecule is Cc1ccc(Sc2n[nH]c(C)n2)c(CNC(C)C)c1. The van der Waals surface area contributed by atoms with Crippen molar-refractivity contribution in [3.05, 3.63) is 35.2 Å². The van der Waals surface area contributed by atoms with E-state index in [-0.39, 0.29) is 0 Å². The van der Waals surface area contributed by atoms with Crippen LogP contribution in [0.4, 0.5) is 0 Å². The normalized spacial score (nSPS) is 11.2. The molecule has 0 spiro atoms. The Hall–Kier alpha value is -1.33. The lowest BCUT2D eigenvalue weighted by Gasteiger charge is -2.12. The lowest BCUT2D eigenvalue weighted by Crippen LogP contribution is -2.22. The minimum atomic E-state index is 0.476. The van der Waals surface area contributed by atoms with Crippen molar-refractivity contribution in [2.45, 2.75) is 50.3 Å². The van der Waals surface area contributed by atoms with Crippen molar-refractivity contribution < 1.29 is 0 Å². The standard InChI is InChI=1S/C14H20N4S/c1-9(2)15-8-12-7-10(3)5-6-13(12)19-14-16-11(4)17-18-14/h5-7,9,15H,8H2,1-4H3,(H,16,17,18). The van der Waals surface area contributed by atoms with E-state index in [0.717, 1.165) is 17.5 Å². The van der Waals surface area contributed by atoms with Gasteiger partial charge in [0.25, 0.3) is 0 Å². The first kappa shape index (κ1) is 14.1. The largest absolute Gasteiger partial charge is 0.310 e. The molecular formula is C14H20N4S. The van der Waals surface area contributed by atoms with Gasteiger partial charge in [0.2, 0.25) is 5.16 Å². The molecule has 0 aliphatic rings. The zero-order chi connectivity index (χ0) is 13.8. The van der Waals surface area contributed by atoms with Crippen LogP contribution in [0, 0.1) is 13.8 Å². The Bertz CT molecular complexity index is 548. The Morgan fingerprint density at radius 1 is 1.32 bits per heavy atom. The molecule has 2 aromatic rings. The van der Waals surface area contributed by atoms with Gasteiger partial charge in [-0.25, -0.2) is 4.98 Å². The van der Waals surface area contributed by atoms with Crippen LogP contribution in [0.2, 0.25) is 0 Å². The van der Waals surface area contributed by atoms with E-state index in [1.54, 1.807) is 11.8 Å². The first-order chi connectivity index (χ1) is 9.04. The lowest BCUT2D eigenvalue weighted by atomic mass is 10.1. The fourth-order valence-corrected chi connectivity index (χ4v) is 2.60. The predicted octanol–water partition coefficient (Wildman–Crippen LogP) is 3.07. The van der Waals surface area contributed by atoms with Crippen molar-refractivity contribution >= 4 is 11.8 Å². The average Bonchev–Trinajstić information content (AvgIpc) is 2.75. The van der Waals surface area contributed by atoms with Crippen LogP contribution in [0.3, 0.4) is 0 Å². The molecule has 0 fully saturated rings. The van der Waals surface area contributed by atoms with Crippen LogP contribution in [-0.2, 0) is 6.54 Å². The molecule has 0 saturated carbocycles. The Kier molecular flexibility index (Phi) is 4.61. The molecule has 0 saturated heterocycles. The van der Waals surface area contributed by atoms with Crippen molar-refractivity contribution in [3.8, 4) is 0 Å². The van der Waals surface area contributed by atoms with E-state index >= 15 is 0 Å². The summed E-state index contributed by atoms with van der Waals surface area (Å²) in [5.41, 5.74) is 2.57. The van der Waals surface area contributed by atoms with Crippen LogP contribution >= 0.6 is 11.8 Å². The third-order valence-electron chi connectivity index (χ3n) is 2.69. The Morgan fingerprint density at radius 2 is 2.11 bits per heavy atom. The smallest absolute Gasteiger partial charge is 0.213 e. The summed E-state index contributed by atoms with van der Waals surface area (Å²) in [6.07, 6.45) is 0. The summed E-state index contributed by atoms with van der Waals surface area (Å²) in [5, 5.41) is 11.3. The van der Waals surface area contributed by atoms with Crippen molar-refractivity contribution in [1.29, 1.82) is 0 Å². The molecule has 0 aliphatic carbocycles. The highest BCUT2D eigenvalue weighted by Crippen LogP contribution is 2.28. The number of H-pyrrole nitrogens is 1. The number of hydrogen-bond acceptors (Lipinski definition) is 4. The quantitative estimate of drug-likeness (QED) is 0.881. The first-order valence-corrected chi connectivity index (χ1v) is 7.26. The van der Waals surface area contributed by atoms with E-state index in [1.165, 1.54) is 16.0 Å². The third-order valence-corrected chi connectivity index (χ3v) is 3.68. The van der Waals surface area contributed by atoms with Crippen LogP contribution in [0.1, 0.15) is 30.8 Å². The van der Waals surface area contributed by atoms with Gasteiger partial charge >= 0.3 is 0 Å². The number of benzene rings is 1. The van der Waals surface area contributed by atoms with Crippen LogP contribution in [0.5, 0.6) is 0 Å². The number of aromatic amines is 1. The topological polar surface area (TPSA) is 53.6 Å². The highest BCUT2D eigenvalue weighted by Gasteiger charge is 2.08. The van der Waals surface area contributed by atoms with Crippen LogP contribution in [0.15, 0.2) is 28.3 Å². The van der Waals surface area contributed by atoms with E-state index < -0.39 is 0 Å². The number of rotatable bonds is 5. The zero-order valence-corrected chi connectivity index (χ0v) is 12.6. The number of aromatic nitrogens is 3. The molecule has 1 aromatic carbocycles. The second-order valence-electron chi connectivity index (χ2n) is 4.95. The average molecular weight is 276 g/mol. The molecule has 0 unspecified atom stereocenters. The van der Waals surface area contributed by atoms with Crippen molar-refractivity contribution in [2.24, 2.45) is 0 Å². The maximum absolute atomic E-state index is 4.34. The van der Waals surface area contributed by atoms with E-state index in [2.05, 4.69) is 59.5 Å².